The lowest BCUT2D eigenvalue weighted by molar-refractivity contribution is 0.126. The Morgan fingerprint density at radius 2 is 1.76 bits per heavy atom. The monoisotopic (exact) mass is 410 g/mol. The summed E-state index contributed by atoms with van der Waals surface area (Å²) in [5.74, 6) is 2.12. The summed E-state index contributed by atoms with van der Waals surface area (Å²) in [6.45, 7) is 4.33. The molecule has 1 fully saturated rings. The van der Waals surface area contributed by atoms with Crippen LogP contribution in [0.25, 0.3) is 5.69 Å². The number of ether oxygens (including phenoxy) is 1. The van der Waals surface area contributed by atoms with Crippen LogP contribution in [-0.2, 0) is 0 Å². The number of rotatable bonds is 8. The Hall–Kier alpha value is -2.51. The molecule has 0 amide bonds. The first-order valence-electron chi connectivity index (χ1n) is 9.97. The van der Waals surface area contributed by atoms with E-state index in [2.05, 4.69) is 50.9 Å². The van der Waals surface area contributed by atoms with Crippen LogP contribution in [0.3, 0.4) is 0 Å². The molecule has 1 N–H and O–H groups in total. The number of aromatic nitrogens is 3. The molecule has 0 saturated carbocycles. The summed E-state index contributed by atoms with van der Waals surface area (Å²) >= 11 is 1.50. The normalized spacial score (nSPS) is 14.9. The molecule has 1 saturated heterocycles. The average molecular weight is 411 g/mol. The van der Waals surface area contributed by atoms with Crippen LogP contribution >= 0.6 is 11.8 Å². The molecule has 1 aromatic heterocycles. The molecule has 2 heterocycles. The fourth-order valence-corrected chi connectivity index (χ4v) is 4.18. The zero-order chi connectivity index (χ0) is 20.1. The van der Waals surface area contributed by atoms with E-state index in [9.17, 15) is 5.11 Å². The van der Waals surface area contributed by atoms with Crippen LogP contribution in [0, 0.1) is 6.92 Å². The Morgan fingerprint density at radius 3 is 2.48 bits per heavy atom. The maximum Gasteiger partial charge on any atom is 0.232 e. The molecule has 0 radical (unpaired) electrons. The van der Waals surface area contributed by atoms with E-state index >= 15 is 0 Å². The molecule has 0 bridgehead atoms. The number of hydrogen-bond acceptors (Lipinski definition) is 6. The number of nitrogens with zero attached hydrogens (tertiary/aromatic N) is 4. The van der Waals surface area contributed by atoms with Crippen molar-refractivity contribution in [3.63, 3.8) is 0 Å². The summed E-state index contributed by atoms with van der Waals surface area (Å²) in [6.07, 6.45) is 1.76. The minimum Gasteiger partial charge on any atom is -0.491 e. The molecule has 29 heavy (non-hydrogen) atoms. The summed E-state index contributed by atoms with van der Waals surface area (Å²) in [5.41, 5.74) is 2.26. The van der Waals surface area contributed by atoms with Crippen LogP contribution in [0.4, 0.5) is 5.95 Å². The van der Waals surface area contributed by atoms with Crippen LogP contribution in [-0.4, -0.2) is 51.4 Å². The standard InChI is InChI=1S/C22H26N4O2S/c1-17-9-11-18(12-10-17)26-21(25-13-5-6-14-25)23-24-22(26)29-16-19(27)15-28-20-7-3-2-4-8-20/h2-4,7-12,19,27H,5-6,13-16H2,1H3/t19-/m1/s1. The highest BCUT2D eigenvalue weighted by atomic mass is 32.2. The SMILES string of the molecule is Cc1ccc(-n2c(SC[C@H](O)COc3ccccc3)nnc2N2CCCC2)cc1. The lowest BCUT2D eigenvalue weighted by Gasteiger charge is -2.19. The quantitative estimate of drug-likeness (QED) is 0.571. The lowest BCUT2D eigenvalue weighted by Crippen LogP contribution is -2.22. The van der Waals surface area contributed by atoms with Gasteiger partial charge in [0.05, 0.1) is 11.8 Å². The van der Waals surface area contributed by atoms with E-state index in [1.807, 2.05) is 30.3 Å². The summed E-state index contributed by atoms with van der Waals surface area (Å²) in [4.78, 5) is 2.28. The highest BCUT2D eigenvalue weighted by molar-refractivity contribution is 7.99. The van der Waals surface area contributed by atoms with E-state index in [-0.39, 0.29) is 6.61 Å². The number of aliphatic hydroxyl groups is 1. The summed E-state index contributed by atoms with van der Waals surface area (Å²) in [6, 6.07) is 17.9. The van der Waals surface area contributed by atoms with Gasteiger partial charge in [-0.1, -0.05) is 47.7 Å². The molecule has 0 spiro atoms. The van der Waals surface area contributed by atoms with E-state index < -0.39 is 6.10 Å². The van der Waals surface area contributed by atoms with Gasteiger partial charge < -0.3 is 14.7 Å². The fraction of sp³-hybridized carbons (Fsp3) is 0.364. The smallest absolute Gasteiger partial charge is 0.232 e. The molecule has 1 aliphatic rings. The number of aliphatic hydroxyl groups excluding tert-OH is 1. The number of benzene rings is 2. The number of hydrogen-bond donors (Lipinski definition) is 1. The molecule has 1 aliphatic heterocycles. The molecule has 6 nitrogen and oxygen atoms in total. The third kappa shape index (κ3) is 4.92. The van der Waals surface area contributed by atoms with Crippen LogP contribution < -0.4 is 9.64 Å². The molecule has 152 valence electrons. The maximum atomic E-state index is 10.4. The van der Waals surface area contributed by atoms with Crippen LogP contribution in [0.5, 0.6) is 5.75 Å². The Labute approximate surface area is 175 Å². The van der Waals surface area contributed by atoms with Crippen molar-refractivity contribution in [2.45, 2.75) is 31.0 Å². The van der Waals surface area contributed by atoms with Gasteiger partial charge >= 0.3 is 0 Å². The van der Waals surface area contributed by atoms with Crippen molar-refractivity contribution in [2.75, 3.05) is 30.3 Å². The number of aryl methyl sites for hydroxylation is 1. The lowest BCUT2D eigenvalue weighted by atomic mass is 10.2. The van der Waals surface area contributed by atoms with Crippen LogP contribution in [0.15, 0.2) is 59.8 Å². The second-order valence-corrected chi connectivity index (χ2v) is 8.22. The van der Waals surface area contributed by atoms with Gasteiger partial charge in [0.25, 0.3) is 0 Å². The topological polar surface area (TPSA) is 63.4 Å². The second kappa shape index (κ2) is 9.33. The highest BCUT2D eigenvalue weighted by Gasteiger charge is 2.23. The van der Waals surface area contributed by atoms with Gasteiger partial charge in [0.1, 0.15) is 12.4 Å². The van der Waals surface area contributed by atoms with E-state index in [0.29, 0.717) is 5.75 Å². The molecular formula is C22H26N4O2S. The first-order chi connectivity index (χ1) is 14.2. The Balaban J connectivity index is 1.47. The van der Waals surface area contributed by atoms with Gasteiger partial charge in [-0.05, 0) is 44.0 Å². The van der Waals surface area contributed by atoms with E-state index in [1.54, 1.807) is 0 Å². The van der Waals surface area contributed by atoms with Crippen molar-refractivity contribution in [1.29, 1.82) is 0 Å². The van der Waals surface area contributed by atoms with E-state index in [4.69, 9.17) is 4.74 Å². The summed E-state index contributed by atoms with van der Waals surface area (Å²) in [7, 11) is 0. The molecule has 0 aliphatic carbocycles. The Morgan fingerprint density at radius 1 is 1.03 bits per heavy atom. The second-order valence-electron chi connectivity index (χ2n) is 7.24. The predicted molar refractivity (Wildman–Crippen MR) is 116 cm³/mol. The number of thioether (sulfide) groups is 1. The van der Waals surface area contributed by atoms with Crippen molar-refractivity contribution in [1.82, 2.24) is 14.8 Å². The molecule has 1 atom stereocenters. The molecule has 7 heteroatoms. The van der Waals surface area contributed by atoms with E-state index in [0.717, 1.165) is 35.6 Å². The first-order valence-corrected chi connectivity index (χ1v) is 11.0. The predicted octanol–water partition coefficient (Wildman–Crippen LogP) is 3.71. The van der Waals surface area contributed by atoms with Crippen molar-refractivity contribution < 1.29 is 9.84 Å². The van der Waals surface area contributed by atoms with Gasteiger partial charge in [0, 0.05) is 18.8 Å². The highest BCUT2D eigenvalue weighted by Crippen LogP contribution is 2.29. The third-order valence-electron chi connectivity index (χ3n) is 4.89. The molecular weight excluding hydrogens is 384 g/mol. The largest absolute Gasteiger partial charge is 0.491 e. The summed E-state index contributed by atoms with van der Waals surface area (Å²) in [5, 5.41) is 20.1. The Kier molecular flexibility index (Phi) is 6.36. The van der Waals surface area contributed by atoms with Crippen molar-refractivity contribution in [3.05, 3.63) is 60.2 Å². The van der Waals surface area contributed by atoms with Gasteiger partial charge in [-0.3, -0.25) is 4.57 Å². The van der Waals surface area contributed by atoms with Crippen molar-refractivity contribution in [2.24, 2.45) is 0 Å². The van der Waals surface area contributed by atoms with Gasteiger partial charge in [0.15, 0.2) is 5.16 Å². The number of para-hydroxylation sites is 1. The van der Waals surface area contributed by atoms with Crippen LogP contribution in [0.1, 0.15) is 18.4 Å². The first kappa shape index (κ1) is 19.8. The van der Waals surface area contributed by atoms with Gasteiger partial charge in [0.2, 0.25) is 5.95 Å². The van der Waals surface area contributed by atoms with Crippen molar-refractivity contribution >= 4 is 17.7 Å². The zero-order valence-corrected chi connectivity index (χ0v) is 17.4. The molecule has 2 aromatic carbocycles. The van der Waals surface area contributed by atoms with Gasteiger partial charge in [-0.25, -0.2) is 0 Å². The molecule has 4 rings (SSSR count). The van der Waals surface area contributed by atoms with Crippen molar-refractivity contribution in [3.8, 4) is 11.4 Å². The fourth-order valence-electron chi connectivity index (χ4n) is 3.33. The zero-order valence-electron chi connectivity index (χ0n) is 16.6. The van der Waals surface area contributed by atoms with Gasteiger partial charge in [-0.2, -0.15) is 0 Å². The average Bonchev–Trinajstić information content (AvgIpc) is 3.42. The maximum absolute atomic E-state index is 10.4. The van der Waals surface area contributed by atoms with Gasteiger partial charge in [-0.15, -0.1) is 10.2 Å². The minimum atomic E-state index is -0.599. The third-order valence-corrected chi connectivity index (χ3v) is 5.96. The number of anilines is 1. The summed E-state index contributed by atoms with van der Waals surface area (Å²) < 4.78 is 7.75. The Bertz CT molecular complexity index is 908. The molecule has 0 unspecified atom stereocenters. The molecule has 3 aromatic rings. The van der Waals surface area contributed by atoms with E-state index in [1.165, 1.54) is 30.2 Å². The minimum absolute atomic E-state index is 0.245. The van der Waals surface area contributed by atoms with Crippen LogP contribution in [0.2, 0.25) is 0 Å².